The van der Waals surface area contributed by atoms with E-state index in [4.69, 9.17) is 0 Å². The first-order chi connectivity index (χ1) is 10.2. The molecule has 1 aliphatic carbocycles. The molecular formula is C16H22N2O3. The zero-order valence-corrected chi connectivity index (χ0v) is 12.0. The van der Waals surface area contributed by atoms with Crippen molar-refractivity contribution in [2.45, 2.75) is 44.7 Å². The average molecular weight is 290 g/mol. The highest BCUT2D eigenvalue weighted by Gasteiger charge is 2.30. The summed E-state index contributed by atoms with van der Waals surface area (Å²) in [7, 11) is 0. The lowest BCUT2D eigenvalue weighted by Gasteiger charge is -2.28. The summed E-state index contributed by atoms with van der Waals surface area (Å²) in [5.74, 6) is -0.907. The topological polar surface area (TPSA) is 78.4 Å². The van der Waals surface area contributed by atoms with Crippen LogP contribution >= 0.6 is 0 Å². The second-order valence-corrected chi connectivity index (χ2v) is 5.53. The van der Waals surface area contributed by atoms with E-state index < -0.39 is 18.0 Å². The first-order valence-electron chi connectivity index (χ1n) is 7.48. The second kappa shape index (κ2) is 7.67. The van der Waals surface area contributed by atoms with E-state index in [0.717, 1.165) is 37.7 Å². The number of carbonyl (C=O) groups excluding carboxylic acids is 1. The van der Waals surface area contributed by atoms with Gasteiger partial charge < -0.3 is 15.7 Å². The van der Waals surface area contributed by atoms with E-state index in [-0.39, 0.29) is 5.92 Å². The third-order valence-electron chi connectivity index (χ3n) is 3.97. The number of rotatable bonds is 5. The minimum Gasteiger partial charge on any atom is -0.480 e. The van der Waals surface area contributed by atoms with Crippen LogP contribution in [0.5, 0.6) is 0 Å². The molecule has 0 aromatic heterocycles. The Bertz CT molecular complexity index is 470. The molecule has 0 aliphatic heterocycles. The lowest BCUT2D eigenvalue weighted by molar-refractivity contribution is -0.141. The number of aliphatic carboxylic acids is 1. The maximum absolute atomic E-state index is 11.9. The first kappa shape index (κ1) is 15.4. The van der Waals surface area contributed by atoms with Crippen molar-refractivity contribution in [3.05, 3.63) is 35.9 Å². The van der Waals surface area contributed by atoms with Crippen LogP contribution in [0.2, 0.25) is 0 Å². The highest BCUT2D eigenvalue weighted by Crippen LogP contribution is 2.26. The average Bonchev–Trinajstić information content (AvgIpc) is 2.52. The van der Waals surface area contributed by atoms with E-state index in [2.05, 4.69) is 10.6 Å². The second-order valence-electron chi connectivity index (χ2n) is 5.53. The summed E-state index contributed by atoms with van der Waals surface area (Å²) in [6, 6.07) is 8.32. The van der Waals surface area contributed by atoms with Crippen LogP contribution < -0.4 is 10.6 Å². The van der Waals surface area contributed by atoms with Gasteiger partial charge in [-0.05, 0) is 24.3 Å². The Morgan fingerprint density at radius 1 is 1.14 bits per heavy atom. The largest absolute Gasteiger partial charge is 0.480 e. The van der Waals surface area contributed by atoms with Gasteiger partial charge in [-0.2, -0.15) is 0 Å². The summed E-state index contributed by atoms with van der Waals surface area (Å²) in [4.78, 5) is 23.3. The van der Waals surface area contributed by atoms with Crippen molar-refractivity contribution >= 4 is 12.0 Å². The Kier molecular flexibility index (Phi) is 5.60. The van der Waals surface area contributed by atoms with Crippen LogP contribution in [0.15, 0.2) is 30.3 Å². The molecule has 3 N–H and O–H groups in total. The number of carboxylic acid groups (broad SMARTS) is 1. The van der Waals surface area contributed by atoms with Crippen LogP contribution in [-0.4, -0.2) is 23.1 Å². The number of nitrogens with one attached hydrogen (secondary N) is 2. The van der Waals surface area contributed by atoms with Gasteiger partial charge in [0.1, 0.15) is 6.04 Å². The minimum atomic E-state index is -0.947. The van der Waals surface area contributed by atoms with Gasteiger partial charge >= 0.3 is 12.0 Å². The van der Waals surface area contributed by atoms with Gasteiger partial charge in [0, 0.05) is 6.54 Å². The lowest BCUT2D eigenvalue weighted by Crippen LogP contribution is -2.50. The van der Waals surface area contributed by atoms with Crippen LogP contribution in [0.4, 0.5) is 4.79 Å². The van der Waals surface area contributed by atoms with E-state index in [1.807, 2.05) is 30.3 Å². The van der Waals surface area contributed by atoms with Gasteiger partial charge in [0.25, 0.3) is 0 Å². The summed E-state index contributed by atoms with van der Waals surface area (Å²) >= 11 is 0. The van der Waals surface area contributed by atoms with Crippen molar-refractivity contribution < 1.29 is 14.7 Å². The van der Waals surface area contributed by atoms with Crippen LogP contribution in [0.3, 0.4) is 0 Å². The molecule has 2 rings (SSSR count). The van der Waals surface area contributed by atoms with E-state index in [1.54, 1.807) is 0 Å². The van der Waals surface area contributed by atoms with Crippen LogP contribution in [0, 0.1) is 5.92 Å². The fraction of sp³-hybridized carbons (Fsp3) is 0.500. The van der Waals surface area contributed by atoms with Crippen LogP contribution in [0.25, 0.3) is 0 Å². The first-order valence-corrected chi connectivity index (χ1v) is 7.48. The molecule has 1 unspecified atom stereocenters. The van der Waals surface area contributed by atoms with Crippen molar-refractivity contribution in [1.82, 2.24) is 10.6 Å². The highest BCUT2D eigenvalue weighted by atomic mass is 16.4. The SMILES string of the molecule is O=C(NCc1ccccc1)NC(C(=O)O)C1CCCCC1. The molecule has 0 bridgehead atoms. The molecule has 5 nitrogen and oxygen atoms in total. The van der Waals surface area contributed by atoms with Gasteiger partial charge in [-0.1, -0.05) is 49.6 Å². The molecule has 0 radical (unpaired) electrons. The Labute approximate surface area is 124 Å². The molecule has 5 heteroatoms. The van der Waals surface area contributed by atoms with Gasteiger partial charge in [0.2, 0.25) is 0 Å². The number of carboxylic acids is 1. The van der Waals surface area contributed by atoms with E-state index in [1.165, 1.54) is 0 Å². The number of hydrogen-bond donors (Lipinski definition) is 3. The Morgan fingerprint density at radius 3 is 2.43 bits per heavy atom. The molecule has 1 fully saturated rings. The molecule has 1 atom stereocenters. The van der Waals surface area contributed by atoms with Crippen molar-refractivity contribution in [2.75, 3.05) is 0 Å². The Hall–Kier alpha value is -2.04. The zero-order chi connectivity index (χ0) is 15.1. The number of carbonyl (C=O) groups is 2. The maximum Gasteiger partial charge on any atom is 0.326 e. The maximum atomic E-state index is 11.9. The van der Waals surface area contributed by atoms with Crippen LogP contribution in [-0.2, 0) is 11.3 Å². The molecule has 1 aliphatic rings. The van der Waals surface area contributed by atoms with E-state index in [0.29, 0.717) is 6.54 Å². The van der Waals surface area contributed by atoms with E-state index >= 15 is 0 Å². The smallest absolute Gasteiger partial charge is 0.326 e. The predicted molar refractivity (Wildman–Crippen MR) is 79.8 cm³/mol. The predicted octanol–water partition coefficient (Wildman–Crippen LogP) is 2.52. The minimum absolute atomic E-state index is 0.0405. The van der Waals surface area contributed by atoms with Crippen molar-refractivity contribution in [2.24, 2.45) is 5.92 Å². The van der Waals surface area contributed by atoms with Gasteiger partial charge in [-0.25, -0.2) is 9.59 Å². The number of hydrogen-bond acceptors (Lipinski definition) is 2. The molecule has 0 saturated heterocycles. The standard InChI is InChI=1S/C16H22N2O3/c19-15(20)14(13-9-5-2-6-10-13)18-16(21)17-11-12-7-3-1-4-8-12/h1,3-4,7-8,13-14H,2,5-6,9-11H2,(H,19,20)(H2,17,18,21). The number of amides is 2. The third-order valence-corrected chi connectivity index (χ3v) is 3.97. The van der Waals surface area contributed by atoms with Gasteiger partial charge in [-0.15, -0.1) is 0 Å². The Balaban J connectivity index is 1.84. The van der Waals surface area contributed by atoms with Crippen molar-refractivity contribution in [3.63, 3.8) is 0 Å². The summed E-state index contributed by atoms with van der Waals surface area (Å²) in [6.07, 6.45) is 4.98. The summed E-state index contributed by atoms with van der Waals surface area (Å²) < 4.78 is 0. The highest BCUT2D eigenvalue weighted by molar-refractivity contribution is 5.82. The lowest BCUT2D eigenvalue weighted by atomic mass is 9.84. The van der Waals surface area contributed by atoms with E-state index in [9.17, 15) is 14.7 Å². The summed E-state index contributed by atoms with van der Waals surface area (Å²) in [5.41, 5.74) is 0.984. The number of urea groups is 1. The van der Waals surface area contributed by atoms with Gasteiger partial charge in [0.05, 0.1) is 0 Å². The Morgan fingerprint density at radius 2 is 1.81 bits per heavy atom. The monoisotopic (exact) mass is 290 g/mol. The zero-order valence-electron chi connectivity index (χ0n) is 12.0. The molecule has 0 heterocycles. The summed E-state index contributed by atoms with van der Waals surface area (Å²) in [5, 5.41) is 14.6. The fourth-order valence-corrected chi connectivity index (χ4v) is 2.82. The molecular weight excluding hydrogens is 268 g/mol. The van der Waals surface area contributed by atoms with Crippen LogP contribution in [0.1, 0.15) is 37.7 Å². The van der Waals surface area contributed by atoms with Crippen molar-refractivity contribution in [1.29, 1.82) is 0 Å². The van der Waals surface area contributed by atoms with Crippen molar-refractivity contribution in [3.8, 4) is 0 Å². The van der Waals surface area contributed by atoms with Gasteiger partial charge in [-0.3, -0.25) is 0 Å². The molecule has 1 saturated carbocycles. The molecule has 2 amide bonds. The third kappa shape index (κ3) is 4.77. The fourth-order valence-electron chi connectivity index (χ4n) is 2.82. The van der Waals surface area contributed by atoms with Gasteiger partial charge in [0.15, 0.2) is 0 Å². The molecule has 1 aromatic carbocycles. The normalized spacial score (nSPS) is 17.0. The molecule has 1 aromatic rings. The molecule has 0 spiro atoms. The summed E-state index contributed by atoms with van der Waals surface area (Å²) in [6.45, 7) is 0.393. The molecule has 21 heavy (non-hydrogen) atoms. The number of benzene rings is 1. The quantitative estimate of drug-likeness (QED) is 0.779. The molecule has 114 valence electrons.